The molecule has 1 fully saturated rings. The molecule has 2 heterocycles. The Bertz CT molecular complexity index is 616. The molecule has 1 atom stereocenters. The van der Waals surface area contributed by atoms with E-state index in [-0.39, 0.29) is 12.1 Å². The fourth-order valence-corrected chi connectivity index (χ4v) is 3.07. The number of pyridine rings is 1. The Hall–Kier alpha value is -1.53. The van der Waals surface area contributed by atoms with Crippen molar-refractivity contribution in [1.29, 1.82) is 0 Å². The van der Waals surface area contributed by atoms with Gasteiger partial charge < -0.3 is 14.4 Å². The second-order valence-electron chi connectivity index (χ2n) is 7.62. The highest BCUT2D eigenvalue weighted by atomic mass is 35.5. The number of carbonyl (C=O) groups is 1. The first kappa shape index (κ1) is 19.8. The fourth-order valence-electron chi connectivity index (χ4n) is 2.91. The van der Waals surface area contributed by atoms with Gasteiger partial charge in [0.2, 0.25) is 0 Å². The Kier molecular flexibility index (Phi) is 5.84. The molecule has 0 aromatic carbocycles. The number of ether oxygens (including phenoxy) is 2. The first-order valence-corrected chi connectivity index (χ1v) is 8.95. The fraction of sp³-hybridized carbons (Fsp3) is 0.667. The van der Waals surface area contributed by atoms with Crippen LogP contribution < -0.4 is 4.90 Å². The van der Waals surface area contributed by atoms with E-state index in [0.717, 1.165) is 12.4 Å². The van der Waals surface area contributed by atoms with Gasteiger partial charge in [-0.05, 0) is 53.7 Å². The molecule has 0 radical (unpaired) electrons. The molecule has 140 valence electrons. The third-order valence-corrected chi connectivity index (χ3v) is 4.21. The summed E-state index contributed by atoms with van der Waals surface area (Å²) in [5.41, 5.74) is -1.27. The van der Waals surface area contributed by atoms with E-state index in [1.165, 1.54) is 0 Å². The normalized spacial score (nSPS) is 19.8. The van der Waals surface area contributed by atoms with Crippen molar-refractivity contribution in [1.82, 2.24) is 9.88 Å². The summed E-state index contributed by atoms with van der Waals surface area (Å²) in [6.45, 7) is 13.2. The van der Waals surface area contributed by atoms with Crippen molar-refractivity contribution in [2.24, 2.45) is 0 Å². The van der Waals surface area contributed by atoms with Crippen LogP contribution in [-0.2, 0) is 9.47 Å². The lowest BCUT2D eigenvalue weighted by Crippen LogP contribution is -2.53. The van der Waals surface area contributed by atoms with Gasteiger partial charge in [0.05, 0.1) is 12.6 Å². The first-order chi connectivity index (χ1) is 11.5. The number of amides is 1. The van der Waals surface area contributed by atoms with E-state index in [2.05, 4.69) is 9.88 Å². The predicted octanol–water partition coefficient (Wildman–Crippen LogP) is 3.93. The van der Waals surface area contributed by atoms with Crippen molar-refractivity contribution >= 4 is 23.5 Å². The molecular formula is C18H28ClN3O3. The Labute approximate surface area is 155 Å². The van der Waals surface area contributed by atoms with Gasteiger partial charge in [-0.15, -0.1) is 0 Å². The molecule has 0 bridgehead atoms. The van der Waals surface area contributed by atoms with Gasteiger partial charge in [-0.3, -0.25) is 4.90 Å². The average Bonchev–Trinajstić information content (AvgIpc) is 2.77. The molecule has 7 heteroatoms. The van der Waals surface area contributed by atoms with E-state index < -0.39 is 11.3 Å². The topological polar surface area (TPSA) is 54.9 Å². The number of hydrogen-bond donors (Lipinski definition) is 0. The van der Waals surface area contributed by atoms with E-state index in [4.69, 9.17) is 21.1 Å². The van der Waals surface area contributed by atoms with Crippen LogP contribution in [0.5, 0.6) is 0 Å². The molecule has 25 heavy (non-hydrogen) atoms. The highest BCUT2D eigenvalue weighted by Crippen LogP contribution is 2.30. The Morgan fingerprint density at radius 1 is 1.48 bits per heavy atom. The maximum absolute atomic E-state index is 12.7. The third-order valence-electron chi connectivity index (χ3n) is 4.00. The van der Waals surface area contributed by atoms with E-state index in [1.54, 1.807) is 11.0 Å². The Balaban J connectivity index is 2.19. The number of likely N-dealkylation sites (N-methyl/N-ethyl adjacent to an activating group) is 1. The highest BCUT2D eigenvalue weighted by molar-refractivity contribution is 6.29. The quantitative estimate of drug-likeness (QED) is 0.752. The molecular weight excluding hydrogens is 342 g/mol. The van der Waals surface area contributed by atoms with E-state index in [9.17, 15) is 4.79 Å². The van der Waals surface area contributed by atoms with Crippen LogP contribution in [0, 0.1) is 0 Å². The lowest BCUT2D eigenvalue weighted by atomic mass is 10.2. The molecule has 1 aliphatic rings. The zero-order chi connectivity index (χ0) is 18.8. The zero-order valence-corrected chi connectivity index (χ0v) is 16.6. The van der Waals surface area contributed by atoms with Gasteiger partial charge in [0.1, 0.15) is 22.3 Å². The van der Waals surface area contributed by atoms with Crippen molar-refractivity contribution in [2.45, 2.75) is 58.9 Å². The summed E-state index contributed by atoms with van der Waals surface area (Å²) >= 11 is 6.01. The summed E-state index contributed by atoms with van der Waals surface area (Å²) in [4.78, 5) is 20.9. The van der Waals surface area contributed by atoms with Crippen molar-refractivity contribution in [3.05, 3.63) is 23.4 Å². The van der Waals surface area contributed by atoms with Gasteiger partial charge in [-0.1, -0.05) is 17.7 Å². The monoisotopic (exact) mass is 369 g/mol. The SMILES string of the molecule is CCN(C[C@H]1COC(C)(C)N1C(=O)OC(C)(C)C)c1cccc(Cl)n1. The number of halogens is 1. The number of nitrogens with zero attached hydrogens (tertiary/aromatic N) is 3. The predicted molar refractivity (Wildman–Crippen MR) is 99.0 cm³/mol. The number of hydrogen-bond acceptors (Lipinski definition) is 5. The largest absolute Gasteiger partial charge is 0.444 e. The average molecular weight is 370 g/mol. The maximum Gasteiger partial charge on any atom is 0.412 e. The summed E-state index contributed by atoms with van der Waals surface area (Å²) in [5, 5.41) is 0.447. The van der Waals surface area contributed by atoms with Crippen LogP contribution in [0.25, 0.3) is 0 Å². The molecule has 1 amide bonds. The smallest absolute Gasteiger partial charge is 0.412 e. The van der Waals surface area contributed by atoms with Crippen molar-refractivity contribution in [3.63, 3.8) is 0 Å². The van der Waals surface area contributed by atoms with E-state index >= 15 is 0 Å². The first-order valence-electron chi connectivity index (χ1n) is 8.57. The molecule has 0 N–H and O–H groups in total. The minimum atomic E-state index is -0.714. The summed E-state index contributed by atoms with van der Waals surface area (Å²) in [5.74, 6) is 0.781. The summed E-state index contributed by atoms with van der Waals surface area (Å²) < 4.78 is 11.4. The summed E-state index contributed by atoms with van der Waals surface area (Å²) in [6, 6.07) is 5.39. The third kappa shape index (κ3) is 4.98. The number of carbonyl (C=O) groups excluding carboxylic acids is 1. The van der Waals surface area contributed by atoms with Crippen molar-refractivity contribution in [2.75, 3.05) is 24.6 Å². The van der Waals surface area contributed by atoms with Crippen LogP contribution in [0.4, 0.5) is 10.6 Å². The number of aromatic nitrogens is 1. The molecule has 0 saturated carbocycles. The molecule has 0 aliphatic carbocycles. The van der Waals surface area contributed by atoms with Gasteiger partial charge in [-0.2, -0.15) is 0 Å². The molecule has 0 unspecified atom stereocenters. The van der Waals surface area contributed by atoms with Crippen molar-refractivity contribution in [3.8, 4) is 0 Å². The maximum atomic E-state index is 12.7. The minimum Gasteiger partial charge on any atom is -0.444 e. The molecule has 6 nitrogen and oxygen atoms in total. The minimum absolute atomic E-state index is 0.134. The van der Waals surface area contributed by atoms with E-state index in [0.29, 0.717) is 18.3 Å². The highest BCUT2D eigenvalue weighted by Gasteiger charge is 2.46. The van der Waals surface area contributed by atoms with Crippen molar-refractivity contribution < 1.29 is 14.3 Å². The van der Waals surface area contributed by atoms with Gasteiger partial charge in [0.15, 0.2) is 0 Å². The van der Waals surface area contributed by atoms with Crippen LogP contribution in [0.2, 0.25) is 5.15 Å². The van der Waals surface area contributed by atoms with Gasteiger partial charge >= 0.3 is 6.09 Å². The van der Waals surface area contributed by atoms with Gasteiger partial charge in [0.25, 0.3) is 0 Å². The molecule has 1 aromatic heterocycles. The lowest BCUT2D eigenvalue weighted by Gasteiger charge is -2.36. The Morgan fingerprint density at radius 2 is 2.16 bits per heavy atom. The van der Waals surface area contributed by atoms with Crippen LogP contribution >= 0.6 is 11.6 Å². The molecule has 1 aromatic rings. The molecule has 0 spiro atoms. The standard InChI is InChI=1S/C18H28ClN3O3/c1-7-21(15-10-8-9-14(19)20-15)11-13-12-24-18(5,6)22(13)16(23)25-17(2,3)4/h8-10,13H,7,11-12H2,1-6H3/t13-/m0/s1. The number of anilines is 1. The molecule has 2 rings (SSSR count). The van der Waals surface area contributed by atoms with Crippen LogP contribution in [-0.4, -0.2) is 53.0 Å². The molecule has 1 saturated heterocycles. The zero-order valence-electron chi connectivity index (χ0n) is 15.9. The van der Waals surface area contributed by atoms with E-state index in [1.807, 2.05) is 53.7 Å². The second kappa shape index (κ2) is 7.38. The molecule has 1 aliphatic heterocycles. The second-order valence-corrected chi connectivity index (χ2v) is 8.01. The summed E-state index contributed by atoms with van der Waals surface area (Å²) in [6.07, 6.45) is -0.366. The van der Waals surface area contributed by atoms with Gasteiger partial charge in [0, 0.05) is 13.1 Å². The summed E-state index contributed by atoms with van der Waals surface area (Å²) in [7, 11) is 0. The van der Waals surface area contributed by atoms with Crippen LogP contribution in [0.3, 0.4) is 0 Å². The number of rotatable bonds is 4. The van der Waals surface area contributed by atoms with Gasteiger partial charge in [-0.25, -0.2) is 9.78 Å². The Morgan fingerprint density at radius 3 is 2.72 bits per heavy atom. The van der Waals surface area contributed by atoms with Crippen LogP contribution in [0.15, 0.2) is 18.2 Å². The lowest BCUT2D eigenvalue weighted by molar-refractivity contribution is -0.0621. The van der Waals surface area contributed by atoms with Crippen LogP contribution in [0.1, 0.15) is 41.5 Å².